The monoisotopic (exact) mass is 243 g/mol. The number of imidazole rings is 1. The number of hydrogen-bond donors (Lipinski definition) is 2. The highest BCUT2D eigenvalue weighted by molar-refractivity contribution is 5.80. The first kappa shape index (κ1) is 11.3. The standard InChI is InChI=1S/C14H17N3O/c1-9(15-14(18)10-5-4-6-10)13-16-11-7-2-3-8-12(11)17-13/h2-3,7-10H,4-6H2,1H3,(H,15,18)(H,16,17)/t9-/m0/s1. The van der Waals surface area contributed by atoms with Gasteiger partial charge in [-0.1, -0.05) is 18.6 Å². The normalized spacial score (nSPS) is 17.4. The molecule has 2 aromatic rings. The second kappa shape index (κ2) is 4.44. The van der Waals surface area contributed by atoms with Crippen LogP contribution in [0.25, 0.3) is 11.0 Å². The van der Waals surface area contributed by atoms with Crippen LogP contribution in [0.15, 0.2) is 24.3 Å². The van der Waals surface area contributed by atoms with Crippen molar-refractivity contribution in [2.75, 3.05) is 0 Å². The number of amides is 1. The minimum absolute atomic E-state index is 0.0644. The lowest BCUT2D eigenvalue weighted by Crippen LogP contribution is -2.36. The molecule has 0 radical (unpaired) electrons. The third-order valence-electron chi connectivity index (χ3n) is 3.65. The predicted molar refractivity (Wildman–Crippen MR) is 70.0 cm³/mol. The van der Waals surface area contributed by atoms with Crippen LogP contribution in [0.5, 0.6) is 0 Å². The van der Waals surface area contributed by atoms with E-state index in [4.69, 9.17) is 0 Å². The molecular formula is C14H17N3O. The zero-order chi connectivity index (χ0) is 12.5. The minimum Gasteiger partial charge on any atom is -0.346 e. The van der Waals surface area contributed by atoms with E-state index in [1.165, 1.54) is 6.42 Å². The number of benzene rings is 1. The fourth-order valence-corrected chi connectivity index (χ4v) is 2.25. The van der Waals surface area contributed by atoms with Gasteiger partial charge in [0.15, 0.2) is 0 Å². The van der Waals surface area contributed by atoms with Gasteiger partial charge >= 0.3 is 0 Å². The molecule has 1 saturated carbocycles. The first-order chi connectivity index (χ1) is 8.74. The van der Waals surface area contributed by atoms with E-state index >= 15 is 0 Å². The molecule has 4 heteroatoms. The summed E-state index contributed by atoms with van der Waals surface area (Å²) < 4.78 is 0. The van der Waals surface area contributed by atoms with Gasteiger partial charge in [0.25, 0.3) is 0 Å². The molecule has 1 aliphatic carbocycles. The van der Waals surface area contributed by atoms with Crippen LogP contribution in [-0.2, 0) is 4.79 Å². The molecule has 1 aromatic heterocycles. The highest BCUT2D eigenvalue weighted by Gasteiger charge is 2.26. The van der Waals surface area contributed by atoms with Gasteiger partial charge in [0.1, 0.15) is 5.82 Å². The molecule has 18 heavy (non-hydrogen) atoms. The number of H-pyrrole nitrogens is 1. The van der Waals surface area contributed by atoms with Crippen molar-refractivity contribution in [2.45, 2.75) is 32.2 Å². The molecule has 1 atom stereocenters. The summed E-state index contributed by atoms with van der Waals surface area (Å²) in [5.74, 6) is 1.20. The van der Waals surface area contributed by atoms with Crippen LogP contribution in [0, 0.1) is 5.92 Å². The van der Waals surface area contributed by atoms with Crippen LogP contribution >= 0.6 is 0 Å². The number of fused-ring (bicyclic) bond motifs is 1. The largest absolute Gasteiger partial charge is 0.346 e. The average molecular weight is 243 g/mol. The van der Waals surface area contributed by atoms with E-state index in [-0.39, 0.29) is 17.9 Å². The highest BCUT2D eigenvalue weighted by atomic mass is 16.2. The van der Waals surface area contributed by atoms with E-state index in [2.05, 4.69) is 15.3 Å². The highest BCUT2D eigenvalue weighted by Crippen LogP contribution is 2.27. The molecule has 0 spiro atoms. The topological polar surface area (TPSA) is 57.8 Å². The maximum absolute atomic E-state index is 11.9. The Morgan fingerprint density at radius 2 is 2.22 bits per heavy atom. The Morgan fingerprint density at radius 1 is 1.44 bits per heavy atom. The Morgan fingerprint density at radius 3 is 2.89 bits per heavy atom. The molecule has 1 heterocycles. The summed E-state index contributed by atoms with van der Waals surface area (Å²) in [7, 11) is 0. The van der Waals surface area contributed by atoms with E-state index in [0.717, 1.165) is 29.7 Å². The zero-order valence-corrected chi connectivity index (χ0v) is 10.4. The Hall–Kier alpha value is -1.84. The molecule has 2 N–H and O–H groups in total. The van der Waals surface area contributed by atoms with Gasteiger partial charge in [-0.15, -0.1) is 0 Å². The first-order valence-corrected chi connectivity index (χ1v) is 6.49. The van der Waals surface area contributed by atoms with Crippen LogP contribution in [0.2, 0.25) is 0 Å². The Bertz CT molecular complexity index is 538. The SMILES string of the molecule is C[C@H](NC(=O)C1CCC1)c1nc2ccccc2[nH]1. The van der Waals surface area contributed by atoms with E-state index in [9.17, 15) is 4.79 Å². The van der Waals surface area contributed by atoms with Gasteiger partial charge in [-0.25, -0.2) is 4.98 Å². The maximum Gasteiger partial charge on any atom is 0.223 e. The molecule has 0 saturated heterocycles. The van der Waals surface area contributed by atoms with Gasteiger partial charge in [0.05, 0.1) is 17.1 Å². The summed E-state index contributed by atoms with van der Waals surface area (Å²) >= 11 is 0. The predicted octanol–water partition coefficient (Wildman–Crippen LogP) is 2.54. The minimum atomic E-state index is -0.0644. The quantitative estimate of drug-likeness (QED) is 0.870. The van der Waals surface area contributed by atoms with Gasteiger partial charge in [-0.05, 0) is 31.9 Å². The summed E-state index contributed by atoms with van der Waals surface area (Å²) in [6.07, 6.45) is 3.23. The van der Waals surface area contributed by atoms with Gasteiger partial charge in [0, 0.05) is 5.92 Å². The average Bonchev–Trinajstić information content (AvgIpc) is 2.69. The van der Waals surface area contributed by atoms with Gasteiger partial charge in [-0.2, -0.15) is 0 Å². The number of carbonyl (C=O) groups is 1. The number of aromatic nitrogens is 2. The fourth-order valence-electron chi connectivity index (χ4n) is 2.25. The van der Waals surface area contributed by atoms with Gasteiger partial charge in [-0.3, -0.25) is 4.79 Å². The van der Waals surface area contributed by atoms with Crippen molar-refractivity contribution in [1.82, 2.24) is 15.3 Å². The summed E-state index contributed by atoms with van der Waals surface area (Å²) in [5, 5.41) is 3.03. The lowest BCUT2D eigenvalue weighted by molar-refractivity contribution is -0.128. The summed E-state index contributed by atoms with van der Waals surface area (Å²) in [4.78, 5) is 19.6. The Labute approximate surface area is 106 Å². The van der Waals surface area contributed by atoms with Crippen molar-refractivity contribution in [3.05, 3.63) is 30.1 Å². The number of nitrogens with zero attached hydrogens (tertiary/aromatic N) is 1. The number of hydrogen-bond acceptors (Lipinski definition) is 2. The van der Waals surface area contributed by atoms with Crippen LogP contribution in [0.1, 0.15) is 38.1 Å². The number of para-hydroxylation sites is 2. The number of carbonyl (C=O) groups excluding carboxylic acids is 1. The second-order valence-corrected chi connectivity index (χ2v) is 5.00. The smallest absolute Gasteiger partial charge is 0.223 e. The lowest BCUT2D eigenvalue weighted by Gasteiger charge is -2.25. The van der Waals surface area contributed by atoms with Gasteiger partial charge in [0.2, 0.25) is 5.91 Å². The summed E-state index contributed by atoms with van der Waals surface area (Å²) in [6.45, 7) is 1.97. The third kappa shape index (κ3) is 1.98. The molecule has 1 aromatic carbocycles. The van der Waals surface area contributed by atoms with E-state index in [1.54, 1.807) is 0 Å². The summed E-state index contributed by atoms with van der Waals surface area (Å²) in [6, 6.07) is 7.83. The first-order valence-electron chi connectivity index (χ1n) is 6.49. The molecule has 3 rings (SSSR count). The van der Waals surface area contributed by atoms with Crippen LogP contribution in [-0.4, -0.2) is 15.9 Å². The fraction of sp³-hybridized carbons (Fsp3) is 0.429. The molecule has 1 amide bonds. The van der Waals surface area contributed by atoms with E-state index in [0.29, 0.717) is 0 Å². The van der Waals surface area contributed by atoms with Crippen molar-refractivity contribution in [1.29, 1.82) is 0 Å². The lowest BCUT2D eigenvalue weighted by atomic mass is 9.84. The maximum atomic E-state index is 11.9. The molecule has 1 aliphatic rings. The van der Waals surface area contributed by atoms with Gasteiger partial charge < -0.3 is 10.3 Å². The molecular weight excluding hydrogens is 226 g/mol. The molecule has 0 bridgehead atoms. The molecule has 1 fully saturated rings. The van der Waals surface area contributed by atoms with Crippen LogP contribution in [0.3, 0.4) is 0 Å². The number of nitrogens with one attached hydrogen (secondary N) is 2. The Balaban J connectivity index is 1.74. The Kier molecular flexibility index (Phi) is 2.78. The molecule has 94 valence electrons. The van der Waals surface area contributed by atoms with Crippen molar-refractivity contribution in [3.8, 4) is 0 Å². The molecule has 4 nitrogen and oxygen atoms in total. The summed E-state index contributed by atoms with van der Waals surface area (Å²) in [5.41, 5.74) is 1.95. The molecule has 0 aliphatic heterocycles. The van der Waals surface area contributed by atoms with Crippen molar-refractivity contribution >= 4 is 16.9 Å². The molecule has 0 unspecified atom stereocenters. The van der Waals surface area contributed by atoms with Crippen molar-refractivity contribution < 1.29 is 4.79 Å². The van der Waals surface area contributed by atoms with Crippen molar-refractivity contribution in [2.24, 2.45) is 5.92 Å². The van der Waals surface area contributed by atoms with Crippen molar-refractivity contribution in [3.63, 3.8) is 0 Å². The van der Waals surface area contributed by atoms with E-state index in [1.807, 2.05) is 31.2 Å². The number of rotatable bonds is 3. The van der Waals surface area contributed by atoms with E-state index < -0.39 is 0 Å². The zero-order valence-electron chi connectivity index (χ0n) is 10.4. The van der Waals surface area contributed by atoms with Crippen LogP contribution < -0.4 is 5.32 Å². The number of aromatic amines is 1. The van der Waals surface area contributed by atoms with Crippen LogP contribution in [0.4, 0.5) is 0 Å². The second-order valence-electron chi connectivity index (χ2n) is 5.00. The third-order valence-corrected chi connectivity index (χ3v) is 3.65.